The van der Waals surface area contributed by atoms with Crippen LogP contribution in [0, 0.1) is 0 Å². The van der Waals surface area contributed by atoms with Crippen LogP contribution in [0.15, 0.2) is 84.9 Å². The van der Waals surface area contributed by atoms with Crippen molar-refractivity contribution in [1.82, 2.24) is 4.90 Å². The molecule has 34 heavy (non-hydrogen) atoms. The van der Waals surface area contributed by atoms with Crippen molar-refractivity contribution in [2.24, 2.45) is 0 Å². The number of carbonyl (C=O) groups excluding carboxylic acids is 2. The summed E-state index contributed by atoms with van der Waals surface area (Å²) in [6.45, 7) is 4.12. The van der Waals surface area contributed by atoms with E-state index < -0.39 is 4.87 Å². The Morgan fingerprint density at radius 3 is 2.06 bits per heavy atom. The SMILES string of the molecule is O=C1CSC2(C(=O)N(CN3CCN(c4ccccc4)CC3)c3ccccc32)N1c1ccccc1. The molecule has 0 aliphatic carbocycles. The van der Waals surface area contributed by atoms with Gasteiger partial charge in [-0.2, -0.15) is 0 Å². The summed E-state index contributed by atoms with van der Waals surface area (Å²) in [6, 6.07) is 28.0. The molecule has 1 atom stereocenters. The van der Waals surface area contributed by atoms with Gasteiger partial charge in [0.1, 0.15) is 0 Å². The van der Waals surface area contributed by atoms with Crippen LogP contribution in [0.5, 0.6) is 0 Å². The number of anilines is 3. The molecule has 0 bridgehead atoms. The highest BCUT2D eigenvalue weighted by Gasteiger charge is 2.61. The normalized spacial score (nSPS) is 22.6. The zero-order valence-corrected chi connectivity index (χ0v) is 19.7. The number of amides is 2. The largest absolute Gasteiger partial charge is 0.369 e. The Bertz CT molecular complexity index is 1210. The Kier molecular flexibility index (Phi) is 5.31. The Balaban J connectivity index is 1.28. The average Bonchev–Trinajstić information content (AvgIpc) is 3.36. The summed E-state index contributed by atoms with van der Waals surface area (Å²) >= 11 is 1.44. The molecule has 0 aromatic heterocycles. The number of piperazine rings is 1. The van der Waals surface area contributed by atoms with Gasteiger partial charge in [0.2, 0.25) is 10.8 Å². The number of para-hydroxylation sites is 3. The minimum atomic E-state index is -1.04. The summed E-state index contributed by atoms with van der Waals surface area (Å²) in [4.78, 5) is 34.5. The van der Waals surface area contributed by atoms with E-state index in [2.05, 4.69) is 34.1 Å². The molecule has 3 aliphatic heterocycles. The first-order valence-electron chi connectivity index (χ1n) is 11.6. The number of benzene rings is 3. The van der Waals surface area contributed by atoms with Crippen LogP contribution in [0.25, 0.3) is 0 Å². The second kappa shape index (κ2) is 8.49. The highest BCUT2D eigenvalue weighted by molar-refractivity contribution is 8.02. The Morgan fingerprint density at radius 1 is 0.735 bits per heavy atom. The van der Waals surface area contributed by atoms with Gasteiger partial charge in [0.15, 0.2) is 0 Å². The van der Waals surface area contributed by atoms with Crippen LogP contribution in [-0.2, 0) is 14.5 Å². The molecule has 1 spiro atoms. The Hall–Kier alpha value is -3.29. The molecule has 2 amide bonds. The molecule has 0 saturated carbocycles. The van der Waals surface area contributed by atoms with E-state index in [0.717, 1.165) is 43.1 Å². The number of hydrogen-bond donors (Lipinski definition) is 0. The van der Waals surface area contributed by atoms with Crippen molar-refractivity contribution in [3.63, 3.8) is 0 Å². The van der Waals surface area contributed by atoms with Crippen LogP contribution in [0.3, 0.4) is 0 Å². The van der Waals surface area contributed by atoms with E-state index in [0.29, 0.717) is 12.4 Å². The minimum Gasteiger partial charge on any atom is -0.369 e. The van der Waals surface area contributed by atoms with Crippen LogP contribution in [0.2, 0.25) is 0 Å². The Morgan fingerprint density at radius 2 is 1.35 bits per heavy atom. The fourth-order valence-electron chi connectivity index (χ4n) is 5.26. The molecule has 172 valence electrons. The van der Waals surface area contributed by atoms with Gasteiger partial charge in [-0.15, -0.1) is 11.8 Å². The van der Waals surface area contributed by atoms with E-state index in [-0.39, 0.29) is 11.8 Å². The van der Waals surface area contributed by atoms with Gasteiger partial charge in [0.05, 0.1) is 18.1 Å². The molecule has 3 heterocycles. The number of nitrogens with zero attached hydrogens (tertiary/aromatic N) is 4. The number of rotatable bonds is 4. The topological polar surface area (TPSA) is 47.1 Å². The van der Waals surface area contributed by atoms with Crippen molar-refractivity contribution in [1.29, 1.82) is 0 Å². The number of carbonyl (C=O) groups is 2. The van der Waals surface area contributed by atoms with Crippen LogP contribution >= 0.6 is 11.8 Å². The van der Waals surface area contributed by atoms with Crippen molar-refractivity contribution < 1.29 is 9.59 Å². The van der Waals surface area contributed by atoms with E-state index in [1.165, 1.54) is 17.4 Å². The molecule has 3 aromatic rings. The predicted molar refractivity (Wildman–Crippen MR) is 137 cm³/mol. The maximum Gasteiger partial charge on any atom is 0.269 e. The lowest BCUT2D eigenvalue weighted by atomic mass is 10.0. The lowest BCUT2D eigenvalue weighted by Crippen LogP contribution is -2.54. The average molecular weight is 471 g/mol. The third-order valence-electron chi connectivity index (χ3n) is 6.91. The molecule has 3 aliphatic rings. The minimum absolute atomic E-state index is 0.0288. The highest BCUT2D eigenvalue weighted by Crippen LogP contribution is 2.55. The van der Waals surface area contributed by atoms with Crippen molar-refractivity contribution in [2.45, 2.75) is 4.87 Å². The molecule has 2 fully saturated rings. The van der Waals surface area contributed by atoms with Gasteiger partial charge in [-0.1, -0.05) is 54.6 Å². The van der Waals surface area contributed by atoms with E-state index in [9.17, 15) is 9.59 Å². The summed E-state index contributed by atoms with van der Waals surface area (Å²) in [7, 11) is 0. The second-order valence-electron chi connectivity index (χ2n) is 8.83. The Labute approximate surface area is 203 Å². The maximum absolute atomic E-state index is 14.1. The molecule has 0 radical (unpaired) electrons. The highest BCUT2D eigenvalue weighted by atomic mass is 32.2. The van der Waals surface area contributed by atoms with Crippen LogP contribution in [-0.4, -0.2) is 55.3 Å². The van der Waals surface area contributed by atoms with Gasteiger partial charge < -0.3 is 4.90 Å². The molecular weight excluding hydrogens is 444 g/mol. The molecule has 3 aromatic carbocycles. The van der Waals surface area contributed by atoms with Crippen molar-refractivity contribution >= 4 is 40.6 Å². The fraction of sp³-hybridized carbons (Fsp3) is 0.259. The van der Waals surface area contributed by atoms with E-state index in [4.69, 9.17) is 0 Å². The van der Waals surface area contributed by atoms with Gasteiger partial charge in [-0.3, -0.25) is 24.3 Å². The molecule has 6 rings (SSSR count). The quantitative estimate of drug-likeness (QED) is 0.581. The monoisotopic (exact) mass is 470 g/mol. The van der Waals surface area contributed by atoms with Gasteiger partial charge >= 0.3 is 0 Å². The van der Waals surface area contributed by atoms with Crippen molar-refractivity contribution in [3.05, 3.63) is 90.5 Å². The van der Waals surface area contributed by atoms with E-state index in [1.54, 1.807) is 4.90 Å². The summed E-state index contributed by atoms with van der Waals surface area (Å²) in [5.74, 6) is 0.232. The van der Waals surface area contributed by atoms with Crippen molar-refractivity contribution in [2.75, 3.05) is 53.3 Å². The summed E-state index contributed by atoms with van der Waals surface area (Å²) < 4.78 is 0. The summed E-state index contributed by atoms with van der Waals surface area (Å²) in [5, 5.41) is 0. The molecule has 6 nitrogen and oxygen atoms in total. The van der Waals surface area contributed by atoms with Gasteiger partial charge in [-0.25, -0.2) is 0 Å². The first kappa shape index (κ1) is 21.3. The summed E-state index contributed by atoms with van der Waals surface area (Å²) in [6.07, 6.45) is 0. The first-order chi connectivity index (χ1) is 16.7. The standard InChI is InChI=1S/C27H26N4O2S/c32-25-19-34-27(31(25)22-11-5-2-6-12-22)23-13-7-8-14-24(23)30(26(27)33)20-28-15-17-29(18-16-28)21-9-3-1-4-10-21/h1-14H,15-20H2. The lowest BCUT2D eigenvalue weighted by Gasteiger charge is -2.38. The predicted octanol–water partition coefficient (Wildman–Crippen LogP) is 3.75. The van der Waals surface area contributed by atoms with E-state index >= 15 is 0 Å². The van der Waals surface area contributed by atoms with Crippen LogP contribution in [0.1, 0.15) is 5.56 Å². The van der Waals surface area contributed by atoms with E-state index in [1.807, 2.05) is 65.6 Å². The van der Waals surface area contributed by atoms with Gasteiger partial charge in [-0.05, 0) is 30.3 Å². The lowest BCUT2D eigenvalue weighted by molar-refractivity contribution is -0.124. The van der Waals surface area contributed by atoms with Crippen molar-refractivity contribution in [3.8, 4) is 0 Å². The molecule has 0 N–H and O–H groups in total. The van der Waals surface area contributed by atoms with Crippen LogP contribution in [0.4, 0.5) is 17.1 Å². The number of fused-ring (bicyclic) bond motifs is 2. The maximum atomic E-state index is 14.1. The smallest absolute Gasteiger partial charge is 0.269 e. The zero-order valence-electron chi connectivity index (χ0n) is 18.8. The molecular formula is C27H26N4O2S. The third-order valence-corrected chi connectivity index (χ3v) is 8.30. The molecule has 2 saturated heterocycles. The zero-order chi connectivity index (χ0) is 23.1. The van der Waals surface area contributed by atoms with Gasteiger partial charge in [0, 0.05) is 43.1 Å². The second-order valence-corrected chi connectivity index (χ2v) is 10.00. The number of thioether (sulfide) groups is 1. The first-order valence-corrected chi connectivity index (χ1v) is 12.6. The summed E-state index contributed by atoms with van der Waals surface area (Å²) in [5.41, 5.74) is 3.81. The third kappa shape index (κ3) is 3.30. The number of hydrogen-bond acceptors (Lipinski definition) is 5. The van der Waals surface area contributed by atoms with Crippen LogP contribution < -0.4 is 14.7 Å². The molecule has 1 unspecified atom stereocenters. The fourth-order valence-corrected chi connectivity index (χ4v) is 6.62. The molecule has 7 heteroatoms. The van der Waals surface area contributed by atoms with Gasteiger partial charge in [0.25, 0.3) is 5.91 Å².